The number of carbonyl (C=O) groups is 1. The van der Waals surface area contributed by atoms with Gasteiger partial charge in [-0.3, -0.25) is 4.57 Å². The Bertz CT molecular complexity index is 902. The maximum atomic E-state index is 11.7. The molecule has 0 fully saturated rings. The zero-order chi connectivity index (χ0) is 19.8. The summed E-state index contributed by atoms with van der Waals surface area (Å²) in [6.45, 7) is -0.286. The molecule has 1 unspecified atom stereocenters. The van der Waals surface area contributed by atoms with E-state index in [4.69, 9.17) is 14.2 Å². The van der Waals surface area contributed by atoms with Crippen molar-refractivity contribution in [3.05, 3.63) is 48.4 Å². The third-order valence-electron chi connectivity index (χ3n) is 3.82. The summed E-state index contributed by atoms with van der Waals surface area (Å²) in [5, 5.41) is 12.3. The Hall–Kier alpha value is -3.24. The Morgan fingerprint density at radius 1 is 1.25 bits per heavy atom. The van der Waals surface area contributed by atoms with Crippen LogP contribution in [0.4, 0.5) is 10.7 Å². The fourth-order valence-electron chi connectivity index (χ4n) is 2.33. The molecular weight excluding hydrogens is 366 g/mol. The van der Waals surface area contributed by atoms with Gasteiger partial charge in [0, 0.05) is 7.05 Å². The minimum Gasteiger partial charge on any atom is -0.431 e. The lowest BCUT2D eigenvalue weighted by atomic mass is 10.2. The van der Waals surface area contributed by atoms with Gasteiger partial charge >= 0.3 is 6.16 Å². The van der Waals surface area contributed by atoms with Crippen LogP contribution in [0.1, 0.15) is 5.56 Å². The summed E-state index contributed by atoms with van der Waals surface area (Å²) in [6, 6.07) is 9.25. The molecule has 2 N–H and O–H groups in total. The van der Waals surface area contributed by atoms with Crippen molar-refractivity contribution in [2.45, 2.75) is 19.4 Å². The molecule has 0 saturated heterocycles. The van der Waals surface area contributed by atoms with Crippen LogP contribution in [0.25, 0.3) is 11.2 Å². The Balaban J connectivity index is 1.47. The maximum absolute atomic E-state index is 11.7. The van der Waals surface area contributed by atoms with Gasteiger partial charge in [-0.1, -0.05) is 30.3 Å². The van der Waals surface area contributed by atoms with Gasteiger partial charge in [0.2, 0.25) is 5.95 Å². The number of benzene rings is 1. The number of hydrogen-bond donors (Lipinski definition) is 2. The summed E-state index contributed by atoms with van der Waals surface area (Å²) in [6.07, 6.45) is 1.61. The van der Waals surface area contributed by atoms with Crippen molar-refractivity contribution in [3.8, 4) is 0 Å². The van der Waals surface area contributed by atoms with E-state index in [0.717, 1.165) is 5.56 Å². The van der Waals surface area contributed by atoms with Crippen molar-refractivity contribution in [2.24, 2.45) is 0 Å². The Kier molecular flexibility index (Phi) is 6.71. The van der Waals surface area contributed by atoms with Gasteiger partial charge in [-0.25, -0.2) is 14.8 Å². The quantitative estimate of drug-likeness (QED) is 0.527. The second-order valence-electron chi connectivity index (χ2n) is 5.80. The molecule has 1 atom stereocenters. The molecule has 0 aliphatic rings. The molecule has 0 saturated carbocycles. The maximum Gasteiger partial charge on any atom is 0.508 e. The smallest absolute Gasteiger partial charge is 0.431 e. The molecule has 2 aromatic heterocycles. The molecule has 3 aromatic rings. The van der Waals surface area contributed by atoms with Gasteiger partial charge in [0.25, 0.3) is 0 Å². The molecule has 0 aliphatic heterocycles. The number of rotatable bonds is 9. The second-order valence-corrected chi connectivity index (χ2v) is 5.80. The molecule has 10 nitrogen and oxygen atoms in total. The Morgan fingerprint density at radius 2 is 2.07 bits per heavy atom. The molecule has 1 aromatic carbocycles. The molecule has 0 spiro atoms. The van der Waals surface area contributed by atoms with Gasteiger partial charge in [-0.05, 0) is 5.56 Å². The first-order valence-corrected chi connectivity index (χ1v) is 8.61. The number of aromatic nitrogens is 4. The highest BCUT2D eigenvalue weighted by atomic mass is 16.7. The van der Waals surface area contributed by atoms with E-state index in [0.29, 0.717) is 17.1 Å². The molecule has 0 radical (unpaired) electrons. The largest absolute Gasteiger partial charge is 0.508 e. The third-order valence-corrected chi connectivity index (χ3v) is 3.82. The van der Waals surface area contributed by atoms with Crippen molar-refractivity contribution < 1.29 is 24.1 Å². The van der Waals surface area contributed by atoms with Crippen molar-refractivity contribution in [2.75, 3.05) is 25.6 Å². The van der Waals surface area contributed by atoms with Gasteiger partial charge < -0.3 is 24.6 Å². The van der Waals surface area contributed by atoms with Gasteiger partial charge in [0.05, 0.1) is 19.1 Å². The van der Waals surface area contributed by atoms with Crippen LogP contribution in [0, 0.1) is 0 Å². The number of ether oxygens (including phenoxy) is 3. The van der Waals surface area contributed by atoms with Gasteiger partial charge in [-0.15, -0.1) is 0 Å². The minimum atomic E-state index is -0.828. The van der Waals surface area contributed by atoms with Crippen molar-refractivity contribution in [1.82, 2.24) is 19.5 Å². The molecular formula is C18H21N5O5. The summed E-state index contributed by atoms with van der Waals surface area (Å²) >= 11 is 0. The van der Waals surface area contributed by atoms with Crippen LogP contribution < -0.4 is 5.32 Å². The predicted octanol–water partition coefficient (Wildman–Crippen LogP) is 1.56. The lowest BCUT2D eigenvalue weighted by Gasteiger charge is -2.16. The van der Waals surface area contributed by atoms with Crippen LogP contribution in [-0.4, -0.2) is 57.1 Å². The molecule has 3 rings (SSSR count). The van der Waals surface area contributed by atoms with Gasteiger partial charge in [0.1, 0.15) is 31.6 Å². The number of nitrogens with one attached hydrogen (secondary N) is 1. The number of anilines is 1. The molecule has 0 aliphatic carbocycles. The van der Waals surface area contributed by atoms with E-state index in [2.05, 4.69) is 20.3 Å². The number of aliphatic hydroxyl groups is 1. The lowest BCUT2D eigenvalue weighted by molar-refractivity contribution is -0.0623. The standard InChI is InChI=1S/C18H21N5O5/c1-19-17-20-7-15-16(22-17)23(11-21-15)12-28-14(8-24)10-27-18(25)26-9-13-5-3-2-4-6-13/h2-7,11,14,24H,8-10,12H2,1H3,(H,19,20,22). The highest BCUT2D eigenvalue weighted by molar-refractivity contribution is 5.70. The SMILES string of the molecule is CNc1ncc2ncn(COC(CO)COC(=O)OCc3ccccc3)c2n1. The summed E-state index contributed by atoms with van der Waals surface area (Å²) < 4.78 is 17.3. The second kappa shape index (κ2) is 9.62. The molecule has 2 heterocycles. The first kappa shape index (κ1) is 19.5. The van der Waals surface area contributed by atoms with E-state index in [9.17, 15) is 9.90 Å². The Morgan fingerprint density at radius 3 is 2.82 bits per heavy atom. The van der Waals surface area contributed by atoms with E-state index in [1.165, 1.54) is 0 Å². The van der Waals surface area contributed by atoms with Gasteiger partial charge in [-0.2, -0.15) is 4.98 Å². The number of fused-ring (bicyclic) bond motifs is 1. The number of nitrogens with zero attached hydrogens (tertiary/aromatic N) is 4. The van der Waals surface area contributed by atoms with E-state index < -0.39 is 12.3 Å². The number of hydrogen-bond acceptors (Lipinski definition) is 9. The van der Waals surface area contributed by atoms with Crippen molar-refractivity contribution in [3.63, 3.8) is 0 Å². The first-order chi connectivity index (χ1) is 13.7. The van der Waals surface area contributed by atoms with Crippen molar-refractivity contribution >= 4 is 23.3 Å². The fraction of sp³-hybridized carbons (Fsp3) is 0.333. The monoisotopic (exact) mass is 387 g/mol. The average molecular weight is 387 g/mol. The summed E-state index contributed by atoms with van der Waals surface area (Å²) in [5.41, 5.74) is 2.05. The van der Waals surface area contributed by atoms with Crippen LogP contribution >= 0.6 is 0 Å². The van der Waals surface area contributed by atoms with E-state index >= 15 is 0 Å². The van der Waals surface area contributed by atoms with Crippen molar-refractivity contribution in [1.29, 1.82) is 0 Å². The number of aliphatic hydroxyl groups excluding tert-OH is 1. The first-order valence-electron chi connectivity index (χ1n) is 8.61. The van der Waals surface area contributed by atoms with Crippen LogP contribution in [0.15, 0.2) is 42.9 Å². The van der Waals surface area contributed by atoms with Crippen LogP contribution in [0.3, 0.4) is 0 Å². The number of imidazole rings is 1. The summed E-state index contributed by atoms with van der Waals surface area (Å²) in [4.78, 5) is 24.3. The molecule has 0 amide bonds. The highest BCUT2D eigenvalue weighted by Crippen LogP contribution is 2.12. The third kappa shape index (κ3) is 5.15. The minimum absolute atomic E-state index is 0.0737. The number of carbonyl (C=O) groups excluding carboxylic acids is 1. The normalized spacial score (nSPS) is 11.9. The Labute approximate surface area is 161 Å². The van der Waals surface area contributed by atoms with E-state index in [1.807, 2.05) is 30.3 Å². The lowest BCUT2D eigenvalue weighted by Crippen LogP contribution is -2.27. The molecule has 10 heteroatoms. The zero-order valence-electron chi connectivity index (χ0n) is 15.3. The zero-order valence-corrected chi connectivity index (χ0v) is 15.3. The van der Waals surface area contributed by atoms with Crippen LogP contribution in [0.5, 0.6) is 0 Å². The van der Waals surface area contributed by atoms with Crippen LogP contribution in [-0.2, 0) is 27.5 Å². The molecule has 148 valence electrons. The average Bonchev–Trinajstić information content (AvgIpc) is 3.15. The topological polar surface area (TPSA) is 121 Å². The summed E-state index contributed by atoms with van der Waals surface area (Å²) in [7, 11) is 1.72. The van der Waals surface area contributed by atoms with Crippen LogP contribution in [0.2, 0.25) is 0 Å². The van der Waals surface area contributed by atoms with Gasteiger partial charge in [0.15, 0.2) is 5.65 Å². The molecule has 28 heavy (non-hydrogen) atoms. The summed E-state index contributed by atoms with van der Waals surface area (Å²) in [5.74, 6) is 0.456. The predicted molar refractivity (Wildman–Crippen MR) is 99.4 cm³/mol. The fourth-order valence-corrected chi connectivity index (χ4v) is 2.33. The van der Waals surface area contributed by atoms with E-state index in [-0.39, 0.29) is 26.6 Å². The molecule has 0 bridgehead atoms. The highest BCUT2D eigenvalue weighted by Gasteiger charge is 2.14. The van der Waals surface area contributed by atoms with E-state index in [1.54, 1.807) is 24.1 Å².